The van der Waals surface area contributed by atoms with Crippen molar-refractivity contribution in [1.82, 2.24) is 4.57 Å². The van der Waals surface area contributed by atoms with Gasteiger partial charge in [-0.3, -0.25) is 10.1 Å². The largest absolute Gasteiger partial charge is 0.347 e. The Morgan fingerprint density at radius 1 is 1.41 bits per heavy atom. The molecule has 2 rings (SSSR count). The average molecular weight is 228 g/mol. The number of aryl methyl sites for hydroxylation is 1. The number of nitro benzene ring substituents is 1. The number of terminal acetylenes is 1. The van der Waals surface area contributed by atoms with Crippen molar-refractivity contribution in [2.24, 2.45) is 0 Å². The van der Waals surface area contributed by atoms with Crippen molar-refractivity contribution < 1.29 is 4.92 Å². The fourth-order valence-corrected chi connectivity index (χ4v) is 1.83. The number of aromatic nitrogens is 1. The van der Waals surface area contributed by atoms with Crippen LogP contribution in [-0.2, 0) is 6.54 Å². The second-order valence-electron chi connectivity index (χ2n) is 3.82. The fourth-order valence-electron chi connectivity index (χ4n) is 1.83. The molecule has 0 aliphatic rings. The molecule has 4 heteroatoms. The number of unbranched alkanes of at least 4 members (excludes halogenated alkanes) is 1. The van der Waals surface area contributed by atoms with Gasteiger partial charge in [-0.25, -0.2) is 0 Å². The van der Waals surface area contributed by atoms with Gasteiger partial charge in [-0.1, -0.05) is 0 Å². The Balaban J connectivity index is 2.33. The Kier molecular flexibility index (Phi) is 3.10. The normalized spacial score (nSPS) is 10.3. The van der Waals surface area contributed by atoms with E-state index in [9.17, 15) is 10.1 Å². The summed E-state index contributed by atoms with van der Waals surface area (Å²) in [4.78, 5) is 10.3. The number of hydrogen-bond donors (Lipinski definition) is 0. The second-order valence-corrected chi connectivity index (χ2v) is 3.82. The van der Waals surface area contributed by atoms with E-state index >= 15 is 0 Å². The first kappa shape index (κ1) is 11.2. The van der Waals surface area contributed by atoms with Crippen LogP contribution in [-0.4, -0.2) is 9.49 Å². The Hall–Kier alpha value is -2.28. The molecule has 0 aliphatic carbocycles. The van der Waals surface area contributed by atoms with Crippen LogP contribution in [0.15, 0.2) is 30.5 Å². The van der Waals surface area contributed by atoms with E-state index in [4.69, 9.17) is 6.42 Å². The zero-order valence-electron chi connectivity index (χ0n) is 9.30. The van der Waals surface area contributed by atoms with Gasteiger partial charge in [0.2, 0.25) is 0 Å². The molecule has 0 aliphatic heterocycles. The molecule has 1 aromatic heterocycles. The third kappa shape index (κ3) is 2.28. The highest BCUT2D eigenvalue weighted by Gasteiger charge is 2.08. The van der Waals surface area contributed by atoms with Gasteiger partial charge in [0.15, 0.2) is 0 Å². The summed E-state index contributed by atoms with van der Waals surface area (Å²) in [5.74, 6) is 2.59. The highest BCUT2D eigenvalue weighted by Crippen LogP contribution is 2.22. The lowest BCUT2D eigenvalue weighted by Crippen LogP contribution is -1.96. The lowest BCUT2D eigenvalue weighted by molar-refractivity contribution is -0.384. The standard InChI is InChI=1S/C13H12N2O2/c1-2-3-4-8-14-9-7-11-5-6-12(15(16)17)10-13(11)14/h1,5-7,9-10H,3-4,8H2. The van der Waals surface area contributed by atoms with Crippen LogP contribution in [0.2, 0.25) is 0 Å². The Morgan fingerprint density at radius 2 is 2.24 bits per heavy atom. The summed E-state index contributed by atoms with van der Waals surface area (Å²) in [6.45, 7) is 0.787. The molecule has 0 saturated heterocycles. The van der Waals surface area contributed by atoms with Crippen LogP contribution < -0.4 is 0 Å². The summed E-state index contributed by atoms with van der Waals surface area (Å²) in [7, 11) is 0. The van der Waals surface area contributed by atoms with E-state index < -0.39 is 0 Å². The lowest BCUT2D eigenvalue weighted by Gasteiger charge is -2.03. The Labute approximate surface area is 99.0 Å². The number of rotatable bonds is 4. The molecular weight excluding hydrogens is 216 g/mol. The first-order valence-corrected chi connectivity index (χ1v) is 5.39. The molecule has 0 amide bonds. The predicted molar refractivity (Wildman–Crippen MR) is 66.7 cm³/mol. The molecule has 0 saturated carbocycles. The molecule has 0 N–H and O–H groups in total. The predicted octanol–water partition coefficient (Wildman–Crippen LogP) is 2.96. The average Bonchev–Trinajstić information content (AvgIpc) is 2.72. The van der Waals surface area contributed by atoms with Crippen molar-refractivity contribution >= 4 is 16.6 Å². The van der Waals surface area contributed by atoms with Crippen LogP contribution in [0.4, 0.5) is 5.69 Å². The minimum absolute atomic E-state index is 0.120. The SMILES string of the molecule is C#CCCCn1ccc2ccc([N+](=O)[O-])cc21. The summed E-state index contributed by atoms with van der Waals surface area (Å²) >= 11 is 0. The highest BCUT2D eigenvalue weighted by atomic mass is 16.6. The summed E-state index contributed by atoms with van der Waals surface area (Å²) in [6.07, 6.45) is 8.73. The van der Waals surface area contributed by atoms with Gasteiger partial charge in [-0.15, -0.1) is 12.3 Å². The third-order valence-electron chi connectivity index (χ3n) is 2.69. The van der Waals surface area contributed by atoms with Crippen LogP contribution in [0.3, 0.4) is 0 Å². The van der Waals surface area contributed by atoms with Crippen LogP contribution in [0.25, 0.3) is 10.9 Å². The molecule has 0 fully saturated rings. The molecule has 1 heterocycles. The van der Waals surface area contributed by atoms with E-state index in [1.807, 2.05) is 16.8 Å². The van der Waals surface area contributed by atoms with E-state index in [0.29, 0.717) is 6.42 Å². The number of nitro groups is 1. The van der Waals surface area contributed by atoms with Crippen molar-refractivity contribution in [3.05, 3.63) is 40.6 Å². The molecule has 17 heavy (non-hydrogen) atoms. The molecule has 86 valence electrons. The minimum Gasteiger partial charge on any atom is -0.347 e. The number of non-ortho nitro benzene ring substituents is 1. The maximum absolute atomic E-state index is 10.7. The van der Waals surface area contributed by atoms with Crippen LogP contribution in [0.5, 0.6) is 0 Å². The molecule has 2 aromatic rings. The summed E-state index contributed by atoms with van der Waals surface area (Å²) < 4.78 is 2.00. The third-order valence-corrected chi connectivity index (χ3v) is 2.69. The van der Waals surface area contributed by atoms with Gasteiger partial charge in [0.25, 0.3) is 5.69 Å². The van der Waals surface area contributed by atoms with E-state index in [0.717, 1.165) is 23.9 Å². The van der Waals surface area contributed by atoms with Crippen molar-refractivity contribution in [1.29, 1.82) is 0 Å². The van der Waals surface area contributed by atoms with Gasteiger partial charge in [0.05, 0.1) is 10.4 Å². The maximum Gasteiger partial charge on any atom is 0.271 e. The Morgan fingerprint density at radius 3 is 2.94 bits per heavy atom. The maximum atomic E-state index is 10.7. The quantitative estimate of drug-likeness (QED) is 0.349. The first-order valence-electron chi connectivity index (χ1n) is 5.39. The van der Waals surface area contributed by atoms with Crippen molar-refractivity contribution in [3.63, 3.8) is 0 Å². The Bertz CT molecular complexity index is 593. The molecule has 0 atom stereocenters. The van der Waals surface area contributed by atoms with Crippen molar-refractivity contribution in [2.75, 3.05) is 0 Å². The van der Waals surface area contributed by atoms with Crippen LogP contribution in [0.1, 0.15) is 12.8 Å². The highest BCUT2D eigenvalue weighted by molar-refractivity contribution is 5.82. The number of hydrogen-bond acceptors (Lipinski definition) is 2. The number of benzene rings is 1. The molecule has 0 spiro atoms. The number of fused-ring (bicyclic) bond motifs is 1. The molecule has 1 aromatic carbocycles. The van der Waals surface area contributed by atoms with E-state index in [2.05, 4.69) is 5.92 Å². The van der Waals surface area contributed by atoms with E-state index in [-0.39, 0.29) is 10.6 Å². The van der Waals surface area contributed by atoms with Crippen molar-refractivity contribution in [3.8, 4) is 12.3 Å². The van der Waals surface area contributed by atoms with Gasteiger partial charge in [-0.05, 0) is 18.6 Å². The van der Waals surface area contributed by atoms with E-state index in [1.54, 1.807) is 12.1 Å². The summed E-state index contributed by atoms with van der Waals surface area (Å²) in [6, 6.07) is 6.85. The van der Waals surface area contributed by atoms with E-state index in [1.165, 1.54) is 6.07 Å². The zero-order valence-corrected chi connectivity index (χ0v) is 9.30. The zero-order chi connectivity index (χ0) is 12.3. The van der Waals surface area contributed by atoms with Gasteiger partial charge >= 0.3 is 0 Å². The molecule has 0 unspecified atom stereocenters. The summed E-state index contributed by atoms with van der Waals surface area (Å²) in [5, 5.41) is 11.7. The monoisotopic (exact) mass is 228 g/mol. The van der Waals surface area contributed by atoms with Gasteiger partial charge < -0.3 is 4.57 Å². The smallest absolute Gasteiger partial charge is 0.271 e. The molecular formula is C13H12N2O2. The van der Waals surface area contributed by atoms with Gasteiger partial charge in [0, 0.05) is 36.7 Å². The lowest BCUT2D eigenvalue weighted by atomic mass is 10.2. The topological polar surface area (TPSA) is 48.1 Å². The molecule has 0 radical (unpaired) electrons. The minimum atomic E-state index is -0.377. The summed E-state index contributed by atoms with van der Waals surface area (Å²) in [5.41, 5.74) is 1.01. The van der Waals surface area contributed by atoms with Crippen LogP contribution >= 0.6 is 0 Å². The second kappa shape index (κ2) is 4.71. The molecule has 0 bridgehead atoms. The van der Waals surface area contributed by atoms with Gasteiger partial charge in [0.1, 0.15) is 0 Å². The number of nitrogens with zero attached hydrogens (tertiary/aromatic N) is 2. The first-order chi connectivity index (χ1) is 8.22. The van der Waals surface area contributed by atoms with Crippen LogP contribution in [0, 0.1) is 22.5 Å². The molecule has 4 nitrogen and oxygen atoms in total. The van der Waals surface area contributed by atoms with Crippen molar-refractivity contribution in [2.45, 2.75) is 19.4 Å². The fraction of sp³-hybridized carbons (Fsp3) is 0.231. The van der Waals surface area contributed by atoms with Gasteiger partial charge in [-0.2, -0.15) is 0 Å².